The average molecular weight is 408 g/mol. The summed E-state index contributed by atoms with van der Waals surface area (Å²) in [5, 5.41) is 3.48. The number of carbonyl (C=O) groups excluding carboxylic acids is 1. The van der Waals surface area contributed by atoms with E-state index >= 15 is 0 Å². The van der Waals surface area contributed by atoms with Crippen molar-refractivity contribution in [2.75, 3.05) is 5.75 Å². The minimum absolute atomic E-state index is 0.0661. The van der Waals surface area contributed by atoms with Gasteiger partial charge in [-0.05, 0) is 50.1 Å². The number of fused-ring (bicyclic) bond motifs is 1. The van der Waals surface area contributed by atoms with Crippen molar-refractivity contribution < 1.29 is 13.9 Å². The van der Waals surface area contributed by atoms with Gasteiger partial charge in [0.25, 0.3) is 0 Å². The van der Waals surface area contributed by atoms with Crippen LogP contribution in [0.4, 0.5) is 4.39 Å². The Hall–Kier alpha value is -1.72. The number of amides is 1. The van der Waals surface area contributed by atoms with Crippen LogP contribution >= 0.6 is 23.4 Å². The highest BCUT2D eigenvalue weighted by molar-refractivity contribution is 7.99. The van der Waals surface area contributed by atoms with Crippen LogP contribution in [0, 0.1) is 12.7 Å². The monoisotopic (exact) mass is 407 g/mol. The van der Waals surface area contributed by atoms with Crippen molar-refractivity contribution in [1.29, 1.82) is 0 Å². The normalized spacial score (nSPS) is 17.7. The zero-order valence-corrected chi connectivity index (χ0v) is 17.2. The third-order valence-electron chi connectivity index (χ3n) is 4.47. The van der Waals surface area contributed by atoms with Crippen LogP contribution in [0.1, 0.15) is 43.0 Å². The topological polar surface area (TPSA) is 38.3 Å². The number of hydrogen-bond acceptors (Lipinski definition) is 3. The molecule has 2 aromatic carbocycles. The van der Waals surface area contributed by atoms with Crippen LogP contribution in [0.25, 0.3) is 0 Å². The number of carbonyl (C=O) groups is 1. The number of benzene rings is 2. The van der Waals surface area contributed by atoms with E-state index < -0.39 is 0 Å². The van der Waals surface area contributed by atoms with Gasteiger partial charge in [0.15, 0.2) is 0 Å². The Balaban J connectivity index is 1.60. The van der Waals surface area contributed by atoms with Gasteiger partial charge in [0.05, 0.1) is 11.8 Å². The van der Waals surface area contributed by atoms with E-state index in [1.807, 2.05) is 39.0 Å². The fraction of sp³-hybridized carbons (Fsp3) is 0.381. The van der Waals surface area contributed by atoms with Crippen molar-refractivity contribution in [3.63, 3.8) is 0 Å². The first-order valence-corrected chi connectivity index (χ1v) is 10.4. The largest absolute Gasteiger partial charge is 0.487 e. The molecule has 27 heavy (non-hydrogen) atoms. The van der Waals surface area contributed by atoms with E-state index in [0.717, 1.165) is 16.9 Å². The molecular formula is C21H23ClFNO2S. The second-order valence-corrected chi connectivity index (χ2v) is 8.88. The molecule has 6 heteroatoms. The summed E-state index contributed by atoms with van der Waals surface area (Å²) in [6.07, 6.45) is 0.700. The molecule has 1 amide bonds. The Labute approximate surface area is 168 Å². The smallest absolute Gasteiger partial charge is 0.230 e. The lowest BCUT2D eigenvalue weighted by Crippen LogP contribution is -2.41. The summed E-state index contributed by atoms with van der Waals surface area (Å²) in [7, 11) is 0. The lowest BCUT2D eigenvalue weighted by molar-refractivity contribution is -0.119. The standard InChI is InChI=1S/C21H23ClFNO2S/c1-13-4-7-16-18(10-21(2,3)26-19(16)8-13)24-20(25)12-27-11-14-5-6-15(22)9-17(14)23/h4-9,18H,10-12H2,1-3H3,(H,24,25)/t18-/m1/s1. The summed E-state index contributed by atoms with van der Waals surface area (Å²) in [6, 6.07) is 10.6. The molecule has 0 spiro atoms. The predicted octanol–water partition coefficient (Wildman–Crippen LogP) is 5.44. The zero-order valence-electron chi connectivity index (χ0n) is 15.6. The maximum absolute atomic E-state index is 13.8. The SMILES string of the molecule is Cc1ccc2c(c1)OC(C)(C)C[C@H]2NC(=O)CSCc1ccc(Cl)cc1F. The third-order valence-corrected chi connectivity index (χ3v) is 5.68. The number of hydrogen-bond donors (Lipinski definition) is 1. The van der Waals surface area contributed by atoms with Crippen LogP contribution in [0.3, 0.4) is 0 Å². The van der Waals surface area contributed by atoms with Crippen LogP contribution in [-0.4, -0.2) is 17.3 Å². The number of thioether (sulfide) groups is 1. The number of halogens is 2. The predicted molar refractivity (Wildman–Crippen MR) is 109 cm³/mol. The maximum atomic E-state index is 13.8. The molecule has 0 aromatic heterocycles. The first-order chi connectivity index (χ1) is 12.7. The van der Waals surface area contributed by atoms with Gasteiger partial charge in [-0.25, -0.2) is 4.39 Å². The van der Waals surface area contributed by atoms with Crippen molar-refractivity contribution in [2.45, 2.75) is 44.6 Å². The van der Waals surface area contributed by atoms with Crippen molar-refractivity contribution in [1.82, 2.24) is 5.32 Å². The van der Waals surface area contributed by atoms with Crippen LogP contribution in [0.15, 0.2) is 36.4 Å². The zero-order chi connectivity index (χ0) is 19.6. The van der Waals surface area contributed by atoms with Gasteiger partial charge < -0.3 is 10.1 Å². The summed E-state index contributed by atoms with van der Waals surface area (Å²) in [6.45, 7) is 6.07. The first-order valence-electron chi connectivity index (χ1n) is 8.84. The Morgan fingerprint density at radius 1 is 1.33 bits per heavy atom. The first kappa shape index (κ1) is 20.0. The number of rotatable bonds is 5. The van der Waals surface area contributed by atoms with Gasteiger partial charge in [-0.3, -0.25) is 4.79 Å². The molecule has 1 atom stereocenters. The van der Waals surface area contributed by atoms with E-state index in [9.17, 15) is 9.18 Å². The number of aryl methyl sites for hydroxylation is 1. The molecular weight excluding hydrogens is 385 g/mol. The van der Waals surface area contributed by atoms with Gasteiger partial charge in [0.2, 0.25) is 5.91 Å². The van der Waals surface area contributed by atoms with Crippen LogP contribution in [0.2, 0.25) is 5.02 Å². The van der Waals surface area contributed by atoms with Gasteiger partial charge >= 0.3 is 0 Å². The van der Waals surface area contributed by atoms with Crippen molar-refractivity contribution >= 4 is 29.3 Å². The molecule has 144 valence electrons. The molecule has 1 aliphatic heterocycles. The van der Waals surface area contributed by atoms with Gasteiger partial charge in [-0.2, -0.15) is 0 Å². The average Bonchev–Trinajstić information content (AvgIpc) is 2.55. The van der Waals surface area contributed by atoms with Crippen LogP contribution < -0.4 is 10.1 Å². The Kier molecular flexibility index (Phi) is 6.02. The molecule has 0 unspecified atom stereocenters. The second-order valence-electron chi connectivity index (χ2n) is 7.46. The highest BCUT2D eigenvalue weighted by atomic mass is 35.5. The fourth-order valence-electron chi connectivity index (χ4n) is 3.22. The molecule has 1 N–H and O–H groups in total. The number of ether oxygens (including phenoxy) is 1. The summed E-state index contributed by atoms with van der Waals surface area (Å²) in [4.78, 5) is 12.4. The lowest BCUT2D eigenvalue weighted by atomic mass is 9.89. The molecule has 3 rings (SSSR count). The lowest BCUT2D eigenvalue weighted by Gasteiger charge is -2.38. The van der Waals surface area contributed by atoms with E-state index in [-0.39, 0.29) is 29.1 Å². The van der Waals surface area contributed by atoms with Gasteiger partial charge in [-0.1, -0.05) is 29.8 Å². The highest BCUT2D eigenvalue weighted by Crippen LogP contribution is 2.39. The van der Waals surface area contributed by atoms with E-state index in [1.54, 1.807) is 12.1 Å². The molecule has 1 aliphatic rings. The molecule has 0 bridgehead atoms. The molecule has 0 saturated heterocycles. The van der Waals surface area contributed by atoms with Crippen LogP contribution in [0.5, 0.6) is 5.75 Å². The van der Waals surface area contributed by atoms with Crippen molar-refractivity contribution in [3.05, 3.63) is 63.9 Å². The van der Waals surface area contributed by atoms with Gasteiger partial charge in [0.1, 0.15) is 17.2 Å². The summed E-state index contributed by atoms with van der Waals surface area (Å²) in [5.41, 5.74) is 2.32. The Bertz CT molecular complexity index is 856. The third kappa shape index (κ3) is 5.17. The molecule has 0 fully saturated rings. The summed E-state index contributed by atoms with van der Waals surface area (Å²) in [5.74, 6) is 1.11. The van der Waals surface area contributed by atoms with E-state index in [1.165, 1.54) is 17.8 Å². The minimum Gasteiger partial charge on any atom is -0.487 e. The maximum Gasteiger partial charge on any atom is 0.230 e. The summed E-state index contributed by atoms with van der Waals surface area (Å²) >= 11 is 7.14. The molecule has 3 nitrogen and oxygen atoms in total. The molecule has 0 radical (unpaired) electrons. The number of nitrogens with one attached hydrogen (secondary N) is 1. The summed E-state index contributed by atoms with van der Waals surface area (Å²) < 4.78 is 19.9. The molecule has 0 aliphatic carbocycles. The Morgan fingerprint density at radius 2 is 2.11 bits per heavy atom. The fourth-order valence-corrected chi connectivity index (χ4v) is 4.20. The van der Waals surface area contributed by atoms with E-state index in [0.29, 0.717) is 22.8 Å². The second kappa shape index (κ2) is 8.11. The minimum atomic E-state index is -0.349. The van der Waals surface area contributed by atoms with E-state index in [2.05, 4.69) is 5.32 Å². The van der Waals surface area contributed by atoms with Crippen molar-refractivity contribution in [3.8, 4) is 5.75 Å². The Morgan fingerprint density at radius 3 is 2.85 bits per heavy atom. The molecule has 2 aromatic rings. The van der Waals surface area contributed by atoms with Crippen LogP contribution in [-0.2, 0) is 10.5 Å². The highest BCUT2D eigenvalue weighted by Gasteiger charge is 2.34. The molecule has 1 heterocycles. The van der Waals surface area contributed by atoms with Gasteiger partial charge in [0, 0.05) is 22.8 Å². The quantitative estimate of drug-likeness (QED) is 0.717. The van der Waals surface area contributed by atoms with Gasteiger partial charge in [-0.15, -0.1) is 11.8 Å². The van der Waals surface area contributed by atoms with Crippen molar-refractivity contribution in [2.24, 2.45) is 0 Å². The molecule has 0 saturated carbocycles. The van der Waals surface area contributed by atoms with E-state index in [4.69, 9.17) is 16.3 Å².